The van der Waals surface area contributed by atoms with Gasteiger partial charge in [0.1, 0.15) is 18.5 Å². The molecule has 1 amide bonds. The van der Waals surface area contributed by atoms with E-state index in [1.54, 1.807) is 24.0 Å². The van der Waals surface area contributed by atoms with Gasteiger partial charge < -0.3 is 19.5 Å². The highest BCUT2D eigenvalue weighted by Gasteiger charge is 2.26. The monoisotopic (exact) mass is 427 g/mol. The number of aliphatic hydroxyl groups is 1. The van der Waals surface area contributed by atoms with Crippen LogP contribution in [0.15, 0.2) is 29.2 Å². The lowest BCUT2D eigenvalue weighted by molar-refractivity contribution is -0.130. The van der Waals surface area contributed by atoms with Crippen LogP contribution in [0.2, 0.25) is 0 Å². The third kappa shape index (κ3) is 5.89. The van der Waals surface area contributed by atoms with Crippen LogP contribution in [0, 0.1) is 0 Å². The summed E-state index contributed by atoms with van der Waals surface area (Å²) in [6.07, 6.45) is -0.671. The van der Waals surface area contributed by atoms with Crippen LogP contribution in [0.25, 0.3) is 0 Å². The minimum absolute atomic E-state index is 0.0765. The zero-order chi connectivity index (χ0) is 20.9. The molecule has 2 heterocycles. The summed E-state index contributed by atoms with van der Waals surface area (Å²) in [5, 5.41) is 10.2. The number of amides is 1. The maximum Gasteiger partial charge on any atom is 0.243 e. The molecule has 29 heavy (non-hydrogen) atoms. The van der Waals surface area contributed by atoms with Gasteiger partial charge in [-0.2, -0.15) is 4.31 Å². The Morgan fingerprint density at radius 2 is 1.72 bits per heavy atom. The first kappa shape index (κ1) is 22.0. The maximum absolute atomic E-state index is 12.6. The predicted octanol–water partition coefficient (Wildman–Crippen LogP) is -0.389. The molecule has 1 aromatic rings. The van der Waals surface area contributed by atoms with E-state index < -0.39 is 16.1 Å². The fourth-order valence-electron chi connectivity index (χ4n) is 3.43. The fourth-order valence-corrected chi connectivity index (χ4v) is 4.84. The molecule has 3 rings (SSSR count). The number of β-amino-alcohol motifs (C(OH)–C–C–N with tert-alkyl or cyclic N) is 1. The van der Waals surface area contributed by atoms with Gasteiger partial charge in [0.05, 0.1) is 18.1 Å². The van der Waals surface area contributed by atoms with Crippen molar-refractivity contribution in [3.63, 3.8) is 0 Å². The molecule has 0 bridgehead atoms. The molecule has 0 aliphatic carbocycles. The molecule has 1 atom stereocenters. The lowest BCUT2D eigenvalue weighted by atomic mass is 10.2. The molecule has 1 aromatic carbocycles. The minimum Gasteiger partial charge on any atom is -0.491 e. The normalized spacial score (nSPS) is 20.4. The molecule has 10 heteroatoms. The molecule has 0 radical (unpaired) electrons. The third-order valence-electron chi connectivity index (χ3n) is 5.16. The second-order valence-corrected chi connectivity index (χ2v) is 9.20. The van der Waals surface area contributed by atoms with Gasteiger partial charge >= 0.3 is 0 Å². The smallest absolute Gasteiger partial charge is 0.243 e. The van der Waals surface area contributed by atoms with Crippen molar-refractivity contribution in [2.24, 2.45) is 0 Å². The van der Waals surface area contributed by atoms with Crippen molar-refractivity contribution in [2.45, 2.75) is 17.9 Å². The summed E-state index contributed by atoms with van der Waals surface area (Å²) in [5.41, 5.74) is 0. The lowest BCUT2D eigenvalue weighted by Gasteiger charge is -2.35. The standard InChI is InChI=1S/C19H29N3O6S/c1-16(23)21-8-6-20(7-9-21)14-17(24)15-28-18-2-4-19(5-3-18)29(25,26)22-10-12-27-13-11-22/h2-5,17,24H,6-15H2,1H3/t17-/m0/s1. The summed E-state index contributed by atoms with van der Waals surface area (Å²) in [4.78, 5) is 15.5. The van der Waals surface area contributed by atoms with E-state index in [0.29, 0.717) is 51.7 Å². The fraction of sp³-hybridized carbons (Fsp3) is 0.632. The summed E-state index contributed by atoms with van der Waals surface area (Å²) < 4.78 is 37.5. The third-order valence-corrected chi connectivity index (χ3v) is 7.07. The number of hydrogen-bond donors (Lipinski definition) is 1. The van der Waals surface area contributed by atoms with Crippen molar-refractivity contribution in [3.05, 3.63) is 24.3 Å². The molecule has 0 saturated carbocycles. The minimum atomic E-state index is -3.53. The van der Waals surface area contributed by atoms with Gasteiger partial charge in [-0.25, -0.2) is 8.42 Å². The number of hydrogen-bond acceptors (Lipinski definition) is 7. The maximum atomic E-state index is 12.6. The number of rotatable bonds is 7. The van der Waals surface area contributed by atoms with E-state index in [-0.39, 0.29) is 17.4 Å². The first-order chi connectivity index (χ1) is 13.9. The van der Waals surface area contributed by atoms with Gasteiger partial charge in [0, 0.05) is 52.7 Å². The summed E-state index contributed by atoms with van der Waals surface area (Å²) in [7, 11) is -3.53. The Bertz CT molecular complexity index is 772. The number of carbonyl (C=O) groups is 1. The Morgan fingerprint density at radius 1 is 1.10 bits per heavy atom. The molecular weight excluding hydrogens is 398 g/mol. The molecule has 0 spiro atoms. The Balaban J connectivity index is 1.46. The molecule has 0 aromatic heterocycles. The molecular formula is C19H29N3O6S. The van der Waals surface area contributed by atoms with Crippen LogP contribution in [0.5, 0.6) is 5.75 Å². The van der Waals surface area contributed by atoms with Crippen LogP contribution in [0.1, 0.15) is 6.92 Å². The van der Waals surface area contributed by atoms with Gasteiger partial charge in [-0.05, 0) is 24.3 Å². The van der Waals surface area contributed by atoms with Crippen molar-refractivity contribution in [1.29, 1.82) is 0 Å². The van der Waals surface area contributed by atoms with E-state index in [9.17, 15) is 18.3 Å². The van der Waals surface area contributed by atoms with Crippen LogP contribution in [-0.2, 0) is 19.6 Å². The zero-order valence-electron chi connectivity index (χ0n) is 16.7. The number of carbonyl (C=O) groups excluding carboxylic acids is 1. The highest BCUT2D eigenvalue weighted by molar-refractivity contribution is 7.89. The second-order valence-electron chi connectivity index (χ2n) is 7.26. The first-order valence-corrected chi connectivity index (χ1v) is 11.3. The van der Waals surface area contributed by atoms with Crippen molar-refractivity contribution in [1.82, 2.24) is 14.1 Å². The molecule has 2 aliphatic heterocycles. The Labute approximate surface area is 171 Å². The number of aliphatic hydroxyl groups excluding tert-OH is 1. The molecule has 2 aliphatic rings. The molecule has 2 saturated heterocycles. The number of morpholine rings is 1. The molecule has 0 unspecified atom stereocenters. The lowest BCUT2D eigenvalue weighted by Crippen LogP contribution is -2.50. The first-order valence-electron chi connectivity index (χ1n) is 9.83. The SMILES string of the molecule is CC(=O)N1CCN(C[C@H](O)COc2ccc(S(=O)(=O)N3CCOCC3)cc2)CC1. The van der Waals surface area contributed by atoms with Gasteiger partial charge in [-0.1, -0.05) is 0 Å². The van der Waals surface area contributed by atoms with E-state index in [1.807, 2.05) is 0 Å². The quantitative estimate of drug-likeness (QED) is 0.633. The topological polar surface area (TPSA) is 99.6 Å². The Kier molecular flexibility index (Phi) is 7.47. The summed E-state index contributed by atoms with van der Waals surface area (Å²) in [6.45, 7) is 6.46. The summed E-state index contributed by atoms with van der Waals surface area (Å²) in [6, 6.07) is 6.25. The Morgan fingerprint density at radius 3 is 2.31 bits per heavy atom. The average Bonchev–Trinajstić information content (AvgIpc) is 2.73. The average molecular weight is 428 g/mol. The van der Waals surface area contributed by atoms with E-state index in [1.165, 1.54) is 16.4 Å². The van der Waals surface area contributed by atoms with Crippen LogP contribution in [0.3, 0.4) is 0 Å². The van der Waals surface area contributed by atoms with Crippen LogP contribution in [0.4, 0.5) is 0 Å². The van der Waals surface area contributed by atoms with Crippen molar-refractivity contribution in [2.75, 3.05) is 65.6 Å². The predicted molar refractivity (Wildman–Crippen MR) is 106 cm³/mol. The van der Waals surface area contributed by atoms with Crippen molar-refractivity contribution < 1.29 is 27.8 Å². The van der Waals surface area contributed by atoms with Gasteiger partial charge in [-0.15, -0.1) is 0 Å². The van der Waals surface area contributed by atoms with Gasteiger partial charge in [0.25, 0.3) is 0 Å². The van der Waals surface area contributed by atoms with Gasteiger partial charge in [-0.3, -0.25) is 9.69 Å². The second kappa shape index (κ2) is 9.86. The van der Waals surface area contributed by atoms with Crippen molar-refractivity contribution >= 4 is 15.9 Å². The van der Waals surface area contributed by atoms with E-state index >= 15 is 0 Å². The number of piperazine rings is 1. The molecule has 9 nitrogen and oxygen atoms in total. The highest BCUT2D eigenvalue weighted by Crippen LogP contribution is 2.20. The number of nitrogens with zero attached hydrogens (tertiary/aromatic N) is 3. The summed E-state index contributed by atoms with van der Waals surface area (Å²) in [5.74, 6) is 0.582. The highest BCUT2D eigenvalue weighted by atomic mass is 32.2. The van der Waals surface area contributed by atoms with Crippen LogP contribution < -0.4 is 4.74 Å². The number of sulfonamides is 1. The zero-order valence-corrected chi connectivity index (χ0v) is 17.5. The van der Waals surface area contributed by atoms with Gasteiger partial charge in [0.15, 0.2) is 0 Å². The largest absolute Gasteiger partial charge is 0.491 e. The molecule has 162 valence electrons. The van der Waals surface area contributed by atoms with Crippen molar-refractivity contribution in [3.8, 4) is 5.75 Å². The summed E-state index contributed by atoms with van der Waals surface area (Å²) >= 11 is 0. The molecule has 2 fully saturated rings. The number of benzene rings is 1. The molecule has 1 N–H and O–H groups in total. The number of ether oxygens (including phenoxy) is 2. The van der Waals surface area contributed by atoms with Crippen LogP contribution >= 0.6 is 0 Å². The van der Waals surface area contributed by atoms with E-state index in [4.69, 9.17) is 9.47 Å². The van der Waals surface area contributed by atoms with E-state index in [2.05, 4.69) is 4.90 Å². The van der Waals surface area contributed by atoms with Crippen LogP contribution in [-0.4, -0.2) is 105 Å². The Hall–Kier alpha value is -1.72. The van der Waals surface area contributed by atoms with E-state index in [0.717, 1.165) is 13.1 Å². The van der Waals surface area contributed by atoms with Gasteiger partial charge in [0.2, 0.25) is 15.9 Å².